The molecule has 2 aromatic heterocycles. The van der Waals surface area contributed by atoms with Gasteiger partial charge in [0.15, 0.2) is 0 Å². The van der Waals surface area contributed by atoms with Gasteiger partial charge in [-0.3, -0.25) is 14.5 Å². The number of rotatable bonds is 8. The maximum atomic E-state index is 12.3. The maximum absolute atomic E-state index is 12.3. The lowest BCUT2D eigenvalue weighted by molar-refractivity contribution is -0.123. The molecular weight excluding hydrogens is 304 g/mol. The largest absolute Gasteiger partial charge is 0.393 e. The first-order chi connectivity index (χ1) is 11.7. The minimum Gasteiger partial charge on any atom is -0.393 e. The summed E-state index contributed by atoms with van der Waals surface area (Å²) in [6.45, 7) is 0.748. The van der Waals surface area contributed by atoms with E-state index in [4.69, 9.17) is 0 Å². The fourth-order valence-corrected chi connectivity index (χ4v) is 3.18. The molecule has 0 aromatic carbocycles. The molecule has 3 rings (SSSR count). The maximum Gasteiger partial charge on any atom is 0.220 e. The molecule has 1 unspecified atom stereocenters. The van der Waals surface area contributed by atoms with Crippen molar-refractivity contribution in [2.24, 2.45) is 5.92 Å². The number of amides is 1. The minimum atomic E-state index is -0.216. The SMILES string of the molecule is O=C(CCCn1cccn1)NC(Cc1ccncc1)C1CC(O)C1. The van der Waals surface area contributed by atoms with Gasteiger partial charge in [-0.2, -0.15) is 5.10 Å². The summed E-state index contributed by atoms with van der Waals surface area (Å²) in [5.74, 6) is 0.422. The van der Waals surface area contributed by atoms with E-state index < -0.39 is 0 Å². The number of nitrogens with zero attached hydrogens (tertiary/aromatic N) is 3. The molecule has 1 atom stereocenters. The molecule has 1 saturated carbocycles. The molecule has 1 amide bonds. The number of aryl methyl sites for hydroxylation is 1. The van der Waals surface area contributed by atoms with Gasteiger partial charge in [0.2, 0.25) is 5.91 Å². The first kappa shape index (κ1) is 16.6. The van der Waals surface area contributed by atoms with Gasteiger partial charge in [-0.25, -0.2) is 0 Å². The van der Waals surface area contributed by atoms with Crippen molar-refractivity contribution in [3.8, 4) is 0 Å². The molecule has 1 aliphatic rings. The van der Waals surface area contributed by atoms with Crippen molar-refractivity contribution >= 4 is 5.91 Å². The molecule has 0 bridgehead atoms. The highest BCUT2D eigenvalue weighted by Crippen LogP contribution is 2.31. The van der Waals surface area contributed by atoms with Gasteiger partial charge in [-0.15, -0.1) is 0 Å². The summed E-state index contributed by atoms with van der Waals surface area (Å²) < 4.78 is 1.84. The van der Waals surface area contributed by atoms with Crippen LogP contribution in [0.2, 0.25) is 0 Å². The molecule has 0 aliphatic heterocycles. The Morgan fingerprint density at radius 2 is 2.12 bits per heavy atom. The Labute approximate surface area is 141 Å². The van der Waals surface area contributed by atoms with Crippen molar-refractivity contribution in [1.82, 2.24) is 20.1 Å². The van der Waals surface area contributed by atoms with E-state index >= 15 is 0 Å². The van der Waals surface area contributed by atoms with Gasteiger partial charge < -0.3 is 10.4 Å². The fraction of sp³-hybridized carbons (Fsp3) is 0.500. The molecular formula is C18H24N4O2. The molecule has 0 spiro atoms. The van der Waals surface area contributed by atoms with Gasteiger partial charge in [0.25, 0.3) is 0 Å². The summed E-state index contributed by atoms with van der Waals surface area (Å²) in [4.78, 5) is 16.3. The fourth-order valence-electron chi connectivity index (χ4n) is 3.18. The van der Waals surface area contributed by atoms with Gasteiger partial charge in [-0.05, 0) is 55.4 Å². The van der Waals surface area contributed by atoms with E-state index in [9.17, 15) is 9.90 Å². The van der Waals surface area contributed by atoms with E-state index in [1.165, 1.54) is 0 Å². The Hall–Kier alpha value is -2.21. The van der Waals surface area contributed by atoms with E-state index in [2.05, 4.69) is 15.4 Å². The van der Waals surface area contributed by atoms with Crippen molar-refractivity contribution in [3.63, 3.8) is 0 Å². The van der Waals surface area contributed by atoms with Gasteiger partial charge >= 0.3 is 0 Å². The van der Waals surface area contributed by atoms with Gasteiger partial charge in [-0.1, -0.05) is 0 Å². The van der Waals surface area contributed by atoms with Crippen molar-refractivity contribution in [1.29, 1.82) is 0 Å². The molecule has 0 saturated heterocycles. The van der Waals surface area contributed by atoms with E-state index in [-0.39, 0.29) is 18.1 Å². The second kappa shape index (κ2) is 8.06. The Balaban J connectivity index is 1.50. The number of pyridine rings is 1. The molecule has 1 fully saturated rings. The number of aliphatic hydroxyl groups is 1. The molecule has 2 heterocycles. The predicted molar refractivity (Wildman–Crippen MR) is 90.1 cm³/mol. The number of aromatic nitrogens is 3. The van der Waals surface area contributed by atoms with Crippen molar-refractivity contribution in [2.75, 3.05) is 0 Å². The summed E-state index contributed by atoms with van der Waals surface area (Å²) in [5.41, 5.74) is 1.16. The highest BCUT2D eigenvalue weighted by atomic mass is 16.3. The monoisotopic (exact) mass is 328 g/mol. The Bertz CT molecular complexity index is 624. The van der Waals surface area contributed by atoms with Crippen LogP contribution in [0.25, 0.3) is 0 Å². The summed E-state index contributed by atoms with van der Waals surface area (Å²) in [7, 11) is 0. The van der Waals surface area contributed by atoms with Crippen LogP contribution in [-0.2, 0) is 17.8 Å². The van der Waals surface area contributed by atoms with Gasteiger partial charge in [0, 0.05) is 43.8 Å². The van der Waals surface area contributed by atoms with Crippen molar-refractivity contribution in [3.05, 3.63) is 48.5 Å². The second-order valence-electron chi connectivity index (χ2n) is 6.49. The molecule has 2 N–H and O–H groups in total. The third-order valence-electron chi connectivity index (χ3n) is 4.62. The van der Waals surface area contributed by atoms with Crippen LogP contribution in [0, 0.1) is 5.92 Å². The lowest BCUT2D eigenvalue weighted by atomic mass is 9.75. The standard InChI is InChI=1S/C18H24N4O2/c23-16-12-15(13-16)17(11-14-4-7-19-8-5-14)21-18(24)3-1-9-22-10-2-6-20-22/h2,4-8,10,15-17,23H,1,3,9,11-13H2,(H,21,24). The topological polar surface area (TPSA) is 80.0 Å². The third-order valence-corrected chi connectivity index (χ3v) is 4.62. The highest BCUT2D eigenvalue weighted by Gasteiger charge is 2.34. The Morgan fingerprint density at radius 1 is 1.33 bits per heavy atom. The third kappa shape index (κ3) is 4.64. The van der Waals surface area contributed by atoms with E-state index in [1.807, 2.05) is 29.1 Å². The Kier molecular flexibility index (Phi) is 5.59. The van der Waals surface area contributed by atoms with Crippen LogP contribution >= 0.6 is 0 Å². The lowest BCUT2D eigenvalue weighted by Crippen LogP contribution is -2.48. The first-order valence-electron chi connectivity index (χ1n) is 8.54. The number of carbonyl (C=O) groups is 1. The number of aliphatic hydroxyl groups excluding tert-OH is 1. The van der Waals surface area contributed by atoms with Crippen LogP contribution in [0.15, 0.2) is 43.0 Å². The van der Waals surface area contributed by atoms with E-state index in [0.717, 1.165) is 37.8 Å². The quantitative estimate of drug-likeness (QED) is 0.770. The molecule has 0 radical (unpaired) electrons. The summed E-state index contributed by atoms with van der Waals surface area (Å²) in [6, 6.07) is 5.91. The molecule has 2 aromatic rings. The number of nitrogens with one attached hydrogen (secondary N) is 1. The highest BCUT2D eigenvalue weighted by molar-refractivity contribution is 5.76. The second-order valence-corrected chi connectivity index (χ2v) is 6.49. The van der Waals surface area contributed by atoms with Crippen LogP contribution in [0.4, 0.5) is 0 Å². The van der Waals surface area contributed by atoms with Crippen molar-refractivity contribution < 1.29 is 9.90 Å². The van der Waals surface area contributed by atoms with E-state index in [1.54, 1.807) is 18.6 Å². The average molecular weight is 328 g/mol. The lowest BCUT2D eigenvalue weighted by Gasteiger charge is -2.38. The first-order valence-corrected chi connectivity index (χ1v) is 8.54. The minimum absolute atomic E-state index is 0.0719. The normalized spacial score (nSPS) is 21.0. The predicted octanol–water partition coefficient (Wildman–Crippen LogP) is 1.56. The van der Waals surface area contributed by atoms with Gasteiger partial charge in [0.05, 0.1) is 6.10 Å². The van der Waals surface area contributed by atoms with Crippen LogP contribution < -0.4 is 5.32 Å². The average Bonchev–Trinajstić information content (AvgIpc) is 3.06. The van der Waals surface area contributed by atoms with E-state index in [0.29, 0.717) is 12.3 Å². The Morgan fingerprint density at radius 3 is 2.79 bits per heavy atom. The molecule has 128 valence electrons. The van der Waals surface area contributed by atoms with Crippen LogP contribution in [0.5, 0.6) is 0 Å². The zero-order valence-electron chi connectivity index (χ0n) is 13.7. The zero-order valence-corrected chi connectivity index (χ0v) is 13.7. The molecule has 24 heavy (non-hydrogen) atoms. The summed E-state index contributed by atoms with van der Waals surface area (Å²) in [5, 5.41) is 16.9. The number of hydrogen-bond acceptors (Lipinski definition) is 4. The zero-order chi connectivity index (χ0) is 16.8. The van der Waals surface area contributed by atoms with Crippen LogP contribution in [-0.4, -0.2) is 37.9 Å². The van der Waals surface area contributed by atoms with Crippen LogP contribution in [0.1, 0.15) is 31.2 Å². The van der Waals surface area contributed by atoms with Gasteiger partial charge in [0.1, 0.15) is 0 Å². The summed E-state index contributed by atoms with van der Waals surface area (Å²) >= 11 is 0. The summed E-state index contributed by atoms with van der Waals surface area (Å²) in [6.07, 6.45) is 10.5. The molecule has 6 heteroatoms. The molecule has 1 aliphatic carbocycles. The van der Waals surface area contributed by atoms with Crippen LogP contribution in [0.3, 0.4) is 0 Å². The number of carbonyl (C=O) groups excluding carboxylic acids is 1. The van der Waals surface area contributed by atoms with Crippen molar-refractivity contribution in [2.45, 2.75) is 50.8 Å². The smallest absolute Gasteiger partial charge is 0.220 e. The molecule has 6 nitrogen and oxygen atoms in total. The number of hydrogen-bond donors (Lipinski definition) is 2.